The summed E-state index contributed by atoms with van der Waals surface area (Å²) in [5.74, 6) is 0. The first-order valence-electron chi connectivity index (χ1n) is 4.11. The Hall–Kier alpha value is -0.0800. The van der Waals surface area contributed by atoms with Crippen molar-refractivity contribution < 1.29 is 0 Å². The number of likely N-dealkylation sites (tertiary alicyclic amines) is 1. The number of rotatable bonds is 2. The molecule has 0 bridgehead atoms. The predicted octanol–water partition coefficient (Wildman–Crippen LogP) is 0.690. The van der Waals surface area contributed by atoms with Crippen molar-refractivity contribution in [3.63, 3.8) is 0 Å². The van der Waals surface area contributed by atoms with Crippen molar-refractivity contribution in [2.45, 2.75) is 25.8 Å². The van der Waals surface area contributed by atoms with E-state index >= 15 is 0 Å². The second-order valence-corrected chi connectivity index (χ2v) is 3.43. The van der Waals surface area contributed by atoms with Crippen LogP contribution in [0.2, 0.25) is 0 Å². The molecule has 0 aliphatic carbocycles. The van der Waals surface area contributed by atoms with E-state index < -0.39 is 0 Å². The molecule has 1 fully saturated rings. The SMILES string of the molecule is CCN1CC[C@](C)(NC)C1. The minimum absolute atomic E-state index is 0.385. The Bertz CT molecular complexity index is 114. The molecule has 1 saturated heterocycles. The van der Waals surface area contributed by atoms with E-state index in [1.165, 1.54) is 26.1 Å². The summed E-state index contributed by atoms with van der Waals surface area (Å²) in [5.41, 5.74) is 0.385. The number of hydrogen-bond donors (Lipinski definition) is 1. The Kier molecular flexibility index (Phi) is 2.32. The lowest BCUT2D eigenvalue weighted by Crippen LogP contribution is -2.42. The van der Waals surface area contributed by atoms with Gasteiger partial charge in [0.25, 0.3) is 0 Å². The summed E-state index contributed by atoms with van der Waals surface area (Å²) in [7, 11) is 2.05. The molecule has 2 heteroatoms. The van der Waals surface area contributed by atoms with Gasteiger partial charge >= 0.3 is 0 Å². The van der Waals surface area contributed by atoms with Gasteiger partial charge in [0.1, 0.15) is 0 Å². The van der Waals surface area contributed by atoms with E-state index in [-0.39, 0.29) is 0 Å². The second-order valence-electron chi connectivity index (χ2n) is 3.43. The zero-order valence-electron chi connectivity index (χ0n) is 7.28. The summed E-state index contributed by atoms with van der Waals surface area (Å²) in [4.78, 5) is 2.48. The van der Waals surface area contributed by atoms with E-state index in [1.807, 2.05) is 0 Å². The maximum atomic E-state index is 3.36. The Morgan fingerprint density at radius 3 is 2.60 bits per heavy atom. The highest BCUT2D eigenvalue weighted by Crippen LogP contribution is 2.18. The van der Waals surface area contributed by atoms with Crippen molar-refractivity contribution in [2.75, 3.05) is 26.7 Å². The van der Waals surface area contributed by atoms with Gasteiger partial charge in [0, 0.05) is 12.1 Å². The average molecular weight is 142 g/mol. The van der Waals surface area contributed by atoms with Crippen LogP contribution in [0.15, 0.2) is 0 Å². The van der Waals surface area contributed by atoms with Crippen LogP contribution >= 0.6 is 0 Å². The monoisotopic (exact) mass is 142 g/mol. The third-order valence-electron chi connectivity index (χ3n) is 2.60. The highest BCUT2D eigenvalue weighted by atomic mass is 15.2. The minimum Gasteiger partial charge on any atom is -0.313 e. The molecule has 60 valence electrons. The van der Waals surface area contributed by atoms with Crippen LogP contribution < -0.4 is 5.32 Å². The van der Waals surface area contributed by atoms with Crippen LogP contribution in [0, 0.1) is 0 Å². The fraction of sp³-hybridized carbons (Fsp3) is 1.00. The highest BCUT2D eigenvalue weighted by Gasteiger charge is 2.30. The van der Waals surface area contributed by atoms with E-state index in [2.05, 4.69) is 31.1 Å². The lowest BCUT2D eigenvalue weighted by molar-refractivity contribution is 0.314. The van der Waals surface area contributed by atoms with Crippen LogP contribution in [-0.4, -0.2) is 37.1 Å². The van der Waals surface area contributed by atoms with Crippen molar-refractivity contribution in [3.8, 4) is 0 Å². The molecule has 0 saturated carbocycles. The predicted molar refractivity (Wildman–Crippen MR) is 44.2 cm³/mol. The molecule has 2 nitrogen and oxygen atoms in total. The van der Waals surface area contributed by atoms with Crippen molar-refractivity contribution >= 4 is 0 Å². The zero-order valence-corrected chi connectivity index (χ0v) is 7.28. The van der Waals surface area contributed by atoms with Crippen LogP contribution in [0.5, 0.6) is 0 Å². The maximum Gasteiger partial charge on any atom is 0.0289 e. The third kappa shape index (κ3) is 1.50. The minimum atomic E-state index is 0.385. The quantitative estimate of drug-likeness (QED) is 0.610. The number of likely N-dealkylation sites (N-methyl/N-ethyl adjacent to an activating group) is 2. The fourth-order valence-corrected chi connectivity index (χ4v) is 1.53. The first kappa shape index (κ1) is 8.02. The van der Waals surface area contributed by atoms with E-state index in [0.29, 0.717) is 5.54 Å². The normalized spacial score (nSPS) is 35.1. The molecule has 1 aliphatic heterocycles. The van der Waals surface area contributed by atoms with E-state index in [4.69, 9.17) is 0 Å². The second kappa shape index (κ2) is 2.89. The Labute approximate surface area is 63.6 Å². The maximum absolute atomic E-state index is 3.36. The lowest BCUT2D eigenvalue weighted by atomic mass is 10.0. The Morgan fingerprint density at radius 1 is 1.60 bits per heavy atom. The summed E-state index contributed by atoms with van der Waals surface area (Å²) in [5, 5.41) is 3.36. The van der Waals surface area contributed by atoms with Gasteiger partial charge in [0.05, 0.1) is 0 Å². The molecule has 1 rings (SSSR count). The van der Waals surface area contributed by atoms with Gasteiger partial charge in [-0.25, -0.2) is 0 Å². The van der Waals surface area contributed by atoms with Crippen LogP contribution in [0.3, 0.4) is 0 Å². The van der Waals surface area contributed by atoms with Gasteiger partial charge in [0.15, 0.2) is 0 Å². The summed E-state index contributed by atoms with van der Waals surface area (Å²) in [6.07, 6.45) is 1.29. The van der Waals surface area contributed by atoms with Gasteiger partial charge < -0.3 is 10.2 Å². The number of nitrogens with zero attached hydrogens (tertiary/aromatic N) is 1. The van der Waals surface area contributed by atoms with E-state index in [1.54, 1.807) is 0 Å². The van der Waals surface area contributed by atoms with Gasteiger partial charge in [-0.15, -0.1) is 0 Å². The average Bonchev–Trinajstić information content (AvgIpc) is 2.33. The highest BCUT2D eigenvalue weighted by molar-refractivity contribution is 4.91. The zero-order chi connectivity index (χ0) is 7.61. The first-order chi connectivity index (χ1) is 4.70. The van der Waals surface area contributed by atoms with Gasteiger partial charge in [-0.3, -0.25) is 0 Å². The third-order valence-corrected chi connectivity index (χ3v) is 2.60. The van der Waals surface area contributed by atoms with Crippen LogP contribution in [0.4, 0.5) is 0 Å². The van der Waals surface area contributed by atoms with Crippen LogP contribution in [0.1, 0.15) is 20.3 Å². The molecule has 0 aromatic carbocycles. The first-order valence-corrected chi connectivity index (χ1v) is 4.11. The summed E-state index contributed by atoms with van der Waals surface area (Å²) >= 11 is 0. The summed E-state index contributed by atoms with van der Waals surface area (Å²) < 4.78 is 0. The largest absolute Gasteiger partial charge is 0.313 e. The van der Waals surface area contributed by atoms with Gasteiger partial charge in [0.2, 0.25) is 0 Å². The van der Waals surface area contributed by atoms with E-state index in [9.17, 15) is 0 Å². The molecule has 1 aliphatic rings. The molecule has 0 aromatic heterocycles. The Morgan fingerprint density at radius 2 is 2.30 bits per heavy atom. The molecule has 1 N–H and O–H groups in total. The smallest absolute Gasteiger partial charge is 0.0289 e. The molecule has 1 atom stereocenters. The molecule has 10 heavy (non-hydrogen) atoms. The molecule has 1 heterocycles. The molecular formula is C8H18N2. The molecule has 0 aromatic rings. The van der Waals surface area contributed by atoms with Crippen LogP contribution in [0.25, 0.3) is 0 Å². The number of nitrogens with one attached hydrogen (secondary N) is 1. The molecule has 0 unspecified atom stereocenters. The van der Waals surface area contributed by atoms with Crippen molar-refractivity contribution in [1.82, 2.24) is 10.2 Å². The van der Waals surface area contributed by atoms with E-state index in [0.717, 1.165) is 0 Å². The topological polar surface area (TPSA) is 15.3 Å². The fourth-order valence-electron chi connectivity index (χ4n) is 1.53. The van der Waals surface area contributed by atoms with Crippen molar-refractivity contribution in [3.05, 3.63) is 0 Å². The number of hydrogen-bond acceptors (Lipinski definition) is 2. The molecule has 0 radical (unpaired) electrons. The van der Waals surface area contributed by atoms with Crippen molar-refractivity contribution in [1.29, 1.82) is 0 Å². The molecule has 0 spiro atoms. The standard InChI is InChI=1S/C8H18N2/c1-4-10-6-5-8(2,7-10)9-3/h9H,4-7H2,1-3H3/t8-/m0/s1. The molecular weight excluding hydrogens is 124 g/mol. The molecule has 0 amide bonds. The van der Waals surface area contributed by atoms with Crippen molar-refractivity contribution in [2.24, 2.45) is 0 Å². The van der Waals surface area contributed by atoms with Gasteiger partial charge in [-0.05, 0) is 33.5 Å². The summed E-state index contributed by atoms with van der Waals surface area (Å²) in [6.45, 7) is 8.18. The Balaban J connectivity index is 2.41. The van der Waals surface area contributed by atoms with Gasteiger partial charge in [-0.2, -0.15) is 0 Å². The lowest BCUT2D eigenvalue weighted by Gasteiger charge is -2.23. The summed E-state index contributed by atoms with van der Waals surface area (Å²) in [6, 6.07) is 0. The van der Waals surface area contributed by atoms with Gasteiger partial charge in [-0.1, -0.05) is 6.92 Å². The van der Waals surface area contributed by atoms with Crippen LogP contribution in [-0.2, 0) is 0 Å².